The van der Waals surface area contributed by atoms with Crippen LogP contribution in [0.4, 0.5) is 0 Å². The van der Waals surface area contributed by atoms with Crippen LogP contribution < -0.4 is 0 Å². The third-order valence-electron chi connectivity index (χ3n) is 3.86. The number of rotatable bonds is 2. The van der Waals surface area contributed by atoms with Gasteiger partial charge in [-0.3, -0.25) is 9.97 Å². The van der Waals surface area contributed by atoms with Crippen molar-refractivity contribution in [3.05, 3.63) is 60.6 Å². The van der Waals surface area contributed by atoms with E-state index in [0.29, 0.717) is 5.56 Å². The van der Waals surface area contributed by atoms with E-state index >= 15 is 0 Å². The Hall–Kier alpha value is -3.21. The molecule has 4 rings (SSSR count). The second-order valence-electron chi connectivity index (χ2n) is 5.23. The summed E-state index contributed by atoms with van der Waals surface area (Å²) in [5, 5.41) is 1.98. The van der Waals surface area contributed by atoms with Crippen molar-refractivity contribution >= 4 is 27.8 Å². The highest BCUT2D eigenvalue weighted by molar-refractivity contribution is 6.10. The summed E-state index contributed by atoms with van der Waals surface area (Å²) >= 11 is 0. The van der Waals surface area contributed by atoms with Crippen molar-refractivity contribution in [3.8, 4) is 11.3 Å². The number of ether oxygens (including phenoxy) is 1. The van der Waals surface area contributed by atoms with Crippen LogP contribution >= 0.6 is 0 Å². The lowest BCUT2D eigenvalue weighted by Gasteiger charge is -2.01. The number of H-pyrrole nitrogens is 1. The molecule has 0 saturated heterocycles. The van der Waals surface area contributed by atoms with Gasteiger partial charge in [-0.15, -0.1) is 0 Å². The van der Waals surface area contributed by atoms with Gasteiger partial charge < -0.3 is 9.72 Å². The molecule has 0 aliphatic rings. The molecule has 5 heteroatoms. The fraction of sp³-hybridized carbons (Fsp3) is 0.0556. The van der Waals surface area contributed by atoms with E-state index < -0.39 is 0 Å². The lowest BCUT2D eigenvalue weighted by molar-refractivity contribution is 0.0601. The molecule has 0 bridgehead atoms. The second-order valence-corrected chi connectivity index (χ2v) is 5.23. The SMILES string of the molecule is COC(=O)c1ccc2[nH]c3cnc(-c4cccnc4)cc3c2c1. The van der Waals surface area contributed by atoms with Crippen LogP contribution in [0, 0.1) is 0 Å². The summed E-state index contributed by atoms with van der Waals surface area (Å²) in [5.41, 5.74) is 4.20. The van der Waals surface area contributed by atoms with Crippen LogP contribution in [0.2, 0.25) is 0 Å². The summed E-state index contributed by atoms with van der Waals surface area (Å²) in [6, 6.07) is 11.3. The van der Waals surface area contributed by atoms with Gasteiger partial charge in [0, 0.05) is 34.2 Å². The molecule has 3 aromatic heterocycles. The number of aromatic amines is 1. The summed E-state index contributed by atoms with van der Waals surface area (Å²) in [7, 11) is 1.38. The van der Waals surface area contributed by atoms with Crippen molar-refractivity contribution in [1.29, 1.82) is 0 Å². The maximum Gasteiger partial charge on any atom is 0.337 e. The number of nitrogens with one attached hydrogen (secondary N) is 1. The zero-order valence-corrected chi connectivity index (χ0v) is 12.4. The number of aromatic nitrogens is 3. The molecule has 0 unspecified atom stereocenters. The Morgan fingerprint density at radius 3 is 2.74 bits per heavy atom. The summed E-state index contributed by atoms with van der Waals surface area (Å²) in [6.45, 7) is 0. The first kappa shape index (κ1) is 13.5. The van der Waals surface area contributed by atoms with Gasteiger partial charge in [-0.1, -0.05) is 0 Å². The van der Waals surface area contributed by atoms with Crippen LogP contribution in [0.1, 0.15) is 10.4 Å². The average Bonchev–Trinajstić information content (AvgIpc) is 2.98. The minimum Gasteiger partial charge on any atom is -0.465 e. The molecule has 0 aliphatic carbocycles. The largest absolute Gasteiger partial charge is 0.465 e. The first-order valence-electron chi connectivity index (χ1n) is 7.16. The number of esters is 1. The highest BCUT2D eigenvalue weighted by atomic mass is 16.5. The molecular weight excluding hydrogens is 290 g/mol. The Morgan fingerprint density at radius 2 is 1.96 bits per heavy atom. The highest BCUT2D eigenvalue weighted by Crippen LogP contribution is 2.29. The highest BCUT2D eigenvalue weighted by Gasteiger charge is 2.11. The molecule has 1 aromatic carbocycles. The molecule has 0 spiro atoms. The lowest BCUT2D eigenvalue weighted by atomic mass is 10.1. The van der Waals surface area contributed by atoms with Crippen molar-refractivity contribution in [1.82, 2.24) is 15.0 Å². The summed E-state index contributed by atoms with van der Waals surface area (Å²) < 4.78 is 4.80. The molecule has 4 aromatic rings. The van der Waals surface area contributed by atoms with Crippen LogP contribution in [0.25, 0.3) is 33.1 Å². The van der Waals surface area contributed by atoms with Crippen molar-refractivity contribution in [2.24, 2.45) is 0 Å². The molecule has 5 nitrogen and oxygen atoms in total. The molecule has 3 heterocycles. The number of hydrogen-bond donors (Lipinski definition) is 1. The molecule has 0 saturated carbocycles. The van der Waals surface area contributed by atoms with E-state index in [-0.39, 0.29) is 5.97 Å². The predicted molar refractivity (Wildman–Crippen MR) is 88.2 cm³/mol. The number of benzene rings is 1. The Morgan fingerprint density at radius 1 is 1.09 bits per heavy atom. The van der Waals surface area contributed by atoms with Gasteiger partial charge in [-0.2, -0.15) is 0 Å². The van der Waals surface area contributed by atoms with E-state index in [0.717, 1.165) is 33.1 Å². The van der Waals surface area contributed by atoms with E-state index in [1.807, 2.05) is 30.3 Å². The normalized spacial score (nSPS) is 11.0. The van der Waals surface area contributed by atoms with E-state index in [4.69, 9.17) is 4.74 Å². The van der Waals surface area contributed by atoms with Crippen molar-refractivity contribution < 1.29 is 9.53 Å². The molecule has 0 fully saturated rings. The van der Waals surface area contributed by atoms with Crippen LogP contribution in [-0.4, -0.2) is 28.0 Å². The molecule has 0 radical (unpaired) electrons. The maximum atomic E-state index is 11.8. The van der Waals surface area contributed by atoms with Gasteiger partial charge in [0.05, 0.1) is 30.1 Å². The third kappa shape index (κ3) is 2.23. The monoisotopic (exact) mass is 303 g/mol. The lowest BCUT2D eigenvalue weighted by Crippen LogP contribution is -2.00. The Labute approximate surface area is 132 Å². The van der Waals surface area contributed by atoms with Crippen LogP contribution in [0.5, 0.6) is 0 Å². The number of fused-ring (bicyclic) bond motifs is 3. The van der Waals surface area contributed by atoms with E-state index in [1.165, 1.54) is 7.11 Å². The molecular formula is C18H13N3O2. The fourth-order valence-electron chi connectivity index (χ4n) is 2.72. The second kappa shape index (κ2) is 5.21. The van der Waals surface area contributed by atoms with Crippen LogP contribution in [-0.2, 0) is 4.74 Å². The summed E-state index contributed by atoms with van der Waals surface area (Å²) in [4.78, 5) is 23.7. The minimum absolute atomic E-state index is 0.345. The van der Waals surface area contributed by atoms with Crippen LogP contribution in [0.15, 0.2) is 55.0 Å². The Kier molecular flexibility index (Phi) is 3.05. The van der Waals surface area contributed by atoms with Gasteiger partial charge in [0.25, 0.3) is 0 Å². The third-order valence-corrected chi connectivity index (χ3v) is 3.86. The molecule has 112 valence electrons. The van der Waals surface area contributed by atoms with E-state index in [1.54, 1.807) is 24.7 Å². The van der Waals surface area contributed by atoms with Crippen molar-refractivity contribution in [2.75, 3.05) is 7.11 Å². The maximum absolute atomic E-state index is 11.8. The summed E-state index contributed by atoms with van der Waals surface area (Å²) in [5.74, 6) is -0.345. The molecule has 0 aliphatic heterocycles. The standard InChI is InChI=1S/C18H13N3O2/c1-23-18(22)11-4-5-15-13(7-11)14-8-16(20-10-17(14)21-15)12-3-2-6-19-9-12/h2-10,21H,1H3. The number of nitrogens with zero attached hydrogens (tertiary/aromatic N) is 2. The number of methoxy groups -OCH3 is 1. The quantitative estimate of drug-likeness (QED) is 0.575. The zero-order chi connectivity index (χ0) is 15.8. The fourth-order valence-corrected chi connectivity index (χ4v) is 2.72. The van der Waals surface area contributed by atoms with Gasteiger partial charge >= 0.3 is 5.97 Å². The van der Waals surface area contributed by atoms with Crippen molar-refractivity contribution in [3.63, 3.8) is 0 Å². The van der Waals surface area contributed by atoms with Gasteiger partial charge in [-0.05, 0) is 36.4 Å². The van der Waals surface area contributed by atoms with Crippen LogP contribution in [0.3, 0.4) is 0 Å². The van der Waals surface area contributed by atoms with Gasteiger partial charge in [-0.25, -0.2) is 4.79 Å². The molecule has 0 atom stereocenters. The topological polar surface area (TPSA) is 67.9 Å². The average molecular weight is 303 g/mol. The summed E-state index contributed by atoms with van der Waals surface area (Å²) in [6.07, 6.45) is 5.31. The van der Waals surface area contributed by atoms with Crippen molar-refractivity contribution in [2.45, 2.75) is 0 Å². The van der Waals surface area contributed by atoms with Gasteiger partial charge in [0.15, 0.2) is 0 Å². The predicted octanol–water partition coefficient (Wildman–Crippen LogP) is 3.56. The zero-order valence-electron chi connectivity index (χ0n) is 12.4. The molecule has 0 amide bonds. The van der Waals surface area contributed by atoms with E-state index in [2.05, 4.69) is 15.0 Å². The van der Waals surface area contributed by atoms with Gasteiger partial charge in [0.2, 0.25) is 0 Å². The smallest absolute Gasteiger partial charge is 0.337 e. The molecule has 23 heavy (non-hydrogen) atoms. The molecule has 1 N–H and O–H groups in total. The first-order valence-corrected chi connectivity index (χ1v) is 7.16. The number of hydrogen-bond acceptors (Lipinski definition) is 4. The van der Waals surface area contributed by atoms with E-state index in [9.17, 15) is 4.79 Å². The Bertz CT molecular complexity index is 1020. The first-order chi connectivity index (χ1) is 11.3. The number of carbonyl (C=O) groups excluding carboxylic acids is 1. The minimum atomic E-state index is -0.345. The number of pyridine rings is 2. The van der Waals surface area contributed by atoms with Gasteiger partial charge in [0.1, 0.15) is 0 Å². The Balaban J connectivity index is 1.95. The number of carbonyl (C=O) groups is 1.